The van der Waals surface area contributed by atoms with Crippen LogP contribution in [0.25, 0.3) is 55.8 Å². The zero-order chi connectivity index (χ0) is 93.1. The van der Waals surface area contributed by atoms with E-state index in [4.69, 9.17) is 125 Å². The topological polar surface area (TPSA) is 557 Å². The highest BCUT2D eigenvalue weighted by atomic mass is 79.9. The first-order chi connectivity index (χ1) is 62.0. The lowest BCUT2D eigenvalue weighted by atomic mass is 10.2. The standard InChI is InChI=1S/C17H18ClN5O2.C16H17N5O2.C14H13ClN4O2.C9H10ClN5O.C9H11N5O2.C9H11N5O.C4H7Br.C3H9ClSi.Al.3ClH/c1-25-12-6-4-11(5-7-12)9-23-15-13(14(18)20-16(19)21-15)22(17(23)24)8-10-2-3-10;17-15-18-13-12(21(16(22)19-13)8-10-6-7-10)14(20-15)23-9-11-4-2-1-3-5-11;1-21-9-4-2-8(3-5-9)7-19-11(20)6-10-12(15)17-14(16)18-13(10)19;10-6-5-7(13-8(11)12-6)14-9(16)15(5)3-4-1-2-4;10-8-11-6-5(7(15)13-8)14(9(16)12-6)3-4-1-2-4;10-8-11-3-6-7(12-8)13-9(15)14(6)4-5-1-2-5;5-3-4-1-2-4;1-5(2,3)4;;;;/h4-7,10H,2-3,8-9H2,1H3,(H2,19,20,21);1-5,10H,6-9H2,(H3,17,18,19,20,22);2-5H,6-7H2,1H3,(H2,16,17,18);4H,1-3H2,(H3,11,12,13,14,16);4H,1-3H2,(H4,10,11,12,13,15,16);3,5H,1-2,4H2,(H3,10,11,12,13,15);4H,1-3H2;1-3H3;;3*1H/q;;;;;;;;+3;;;/p-3. The van der Waals surface area contributed by atoms with Crippen molar-refractivity contribution in [2.24, 2.45) is 35.5 Å². The van der Waals surface area contributed by atoms with Gasteiger partial charge in [0.25, 0.3) is 5.56 Å². The van der Waals surface area contributed by atoms with Gasteiger partial charge in [-0.05, 0) is 154 Å². The van der Waals surface area contributed by atoms with E-state index < -0.39 is 18.8 Å². The van der Waals surface area contributed by atoms with E-state index in [1.54, 1.807) is 48.2 Å². The first kappa shape index (κ1) is 96.8. The second kappa shape index (κ2) is 43.1. The number of ether oxygens (including phenoxy) is 3. The number of fused-ring (bicyclic) bond motifs is 6. The SMILES string of the molecule is BrCC1CC1.COc1ccc(CN2C(=O)Cc3c(Cl)nc(N)nc32)cc1.COc1ccc(Cn2c(=O)n(CC3CC3)c3c(Cl)nc(N)nc32)cc1.C[Si](C)(C)Cl.Nc1nc(Cl)c2c(n1)[nH]c(=O)n2CC1CC1.Nc1nc(OCc2ccccc2)c2c(n1)[nH]c(=O)n2CC1CC1.Nc1nc2[nH]c(=O)n(CC3CC3)c2c(=O)[nH]1.Nc1ncc2c(n1)[nH]c(=O)n2CC1CC1.[Cl][Al]([Cl])[Cl]. The second-order valence-electron chi connectivity index (χ2n) is 32.9. The molecule has 130 heavy (non-hydrogen) atoms. The van der Waals surface area contributed by atoms with Crippen molar-refractivity contribution in [3.05, 3.63) is 186 Å². The van der Waals surface area contributed by atoms with Crippen molar-refractivity contribution in [3.8, 4) is 17.4 Å². The molecule has 39 nitrogen and oxygen atoms in total. The lowest BCUT2D eigenvalue weighted by Crippen LogP contribution is -2.26. The highest BCUT2D eigenvalue weighted by Gasteiger charge is 2.34. The molecule has 0 bridgehead atoms. The molecular formula is C81H96AlBrCl7N29O10Si. The maximum absolute atomic E-state index is 13.0. The van der Waals surface area contributed by atoms with Crippen LogP contribution >= 0.6 is 92.0 Å². The molecule has 1 aliphatic heterocycles. The van der Waals surface area contributed by atoms with E-state index in [0.29, 0.717) is 132 Å². The number of benzene rings is 3. The Morgan fingerprint density at radius 1 is 0.454 bits per heavy atom. The Hall–Kier alpha value is -10.8. The van der Waals surface area contributed by atoms with Crippen molar-refractivity contribution in [3.63, 3.8) is 0 Å². The van der Waals surface area contributed by atoms with Crippen molar-refractivity contribution in [1.82, 2.24) is 107 Å². The maximum atomic E-state index is 13.0. The van der Waals surface area contributed by atoms with Crippen LogP contribution in [-0.4, -0.2) is 151 Å². The predicted molar refractivity (Wildman–Crippen MR) is 514 cm³/mol. The first-order valence-corrected chi connectivity index (χ1v) is 53.6. The van der Waals surface area contributed by atoms with Crippen LogP contribution in [0.5, 0.6) is 17.4 Å². The molecule has 0 atom stereocenters. The van der Waals surface area contributed by atoms with Gasteiger partial charge < -0.3 is 48.6 Å². The number of imidazole rings is 5. The molecule has 6 saturated carbocycles. The van der Waals surface area contributed by atoms with Gasteiger partial charge in [-0.3, -0.25) is 66.8 Å². The smallest absolute Gasteiger partial charge is 0.497 e. The second-order valence-corrected chi connectivity index (χ2v) is 48.6. The molecule has 0 spiro atoms. The third kappa shape index (κ3) is 26.8. The first-order valence-electron chi connectivity index (χ1n) is 41.6. The normalized spacial score (nSPS) is 14.7. The van der Waals surface area contributed by atoms with Gasteiger partial charge in [-0.15, -0.1) is 0 Å². The van der Waals surface area contributed by atoms with E-state index in [0.717, 1.165) is 97.5 Å². The Morgan fingerprint density at radius 3 is 1.37 bits per heavy atom. The third-order valence-corrected chi connectivity index (χ3v) is 22.7. The molecule has 14 aromatic rings. The monoisotopic (exact) mass is 2010 g/mol. The van der Waals surface area contributed by atoms with E-state index in [9.17, 15) is 33.6 Å². The van der Waals surface area contributed by atoms with Gasteiger partial charge in [0.05, 0.1) is 39.9 Å². The Labute approximate surface area is 786 Å². The van der Waals surface area contributed by atoms with Crippen LogP contribution in [0, 0.1) is 35.5 Å². The number of methoxy groups -OCH3 is 2. The largest absolute Gasteiger partial charge is 0.643 e. The summed E-state index contributed by atoms with van der Waals surface area (Å²) in [6.45, 7) is 10.7. The summed E-state index contributed by atoms with van der Waals surface area (Å²) in [6.07, 6.45) is 16.2. The molecular weight excluding hydrogens is 1920 g/mol. The molecule has 0 unspecified atom stereocenters. The molecule has 17 N–H and O–H groups in total. The van der Waals surface area contributed by atoms with Crippen LogP contribution < -0.4 is 87.5 Å². The number of H-pyrrole nitrogens is 5. The Morgan fingerprint density at radius 2 is 0.869 bits per heavy atom. The van der Waals surface area contributed by atoms with Crippen LogP contribution in [0.4, 0.5) is 41.5 Å². The Bertz CT molecular complexity index is 6730. The van der Waals surface area contributed by atoms with Gasteiger partial charge in [0, 0.05) is 43.6 Å². The molecule has 1 amide bonds. The molecule has 6 aliphatic carbocycles. The third-order valence-electron chi connectivity index (χ3n) is 20.9. The van der Waals surface area contributed by atoms with Gasteiger partial charge in [-0.25, -0.2) is 64.1 Å². The molecule has 7 aliphatic rings. The number of hydrogen-bond acceptors (Lipinski definition) is 27. The average molecular weight is 2020 g/mol. The fourth-order valence-electron chi connectivity index (χ4n) is 13.4. The minimum Gasteiger partial charge on any atom is -0.497 e. The van der Waals surface area contributed by atoms with E-state index in [1.165, 1.54) is 35.6 Å². The van der Waals surface area contributed by atoms with Crippen molar-refractivity contribution in [2.45, 2.75) is 156 Å². The highest BCUT2D eigenvalue weighted by molar-refractivity contribution is 9.09. The van der Waals surface area contributed by atoms with Crippen LogP contribution in [0.1, 0.15) is 99.3 Å². The average Bonchev–Trinajstić information content (AvgIpc) is 1.60. The van der Waals surface area contributed by atoms with Gasteiger partial charge in [-0.1, -0.05) is 125 Å². The van der Waals surface area contributed by atoms with Gasteiger partial charge in [-0.2, -0.15) is 55.9 Å². The van der Waals surface area contributed by atoms with Crippen LogP contribution in [0.15, 0.2) is 114 Å². The number of aromatic nitrogens is 22. The fraction of sp³-hybridized carbons (Fsp3) is 0.407. The number of rotatable bonds is 20. The number of nitrogens with one attached hydrogen (secondary N) is 5. The number of halogens is 8. The van der Waals surface area contributed by atoms with Crippen LogP contribution in [0.3, 0.4) is 0 Å². The summed E-state index contributed by atoms with van der Waals surface area (Å²) in [5.41, 5.74) is 40.4. The number of hydrogen-bond donors (Lipinski definition) is 11. The lowest BCUT2D eigenvalue weighted by Gasteiger charge is -2.17. The van der Waals surface area contributed by atoms with Gasteiger partial charge in [0.2, 0.25) is 47.5 Å². The lowest BCUT2D eigenvalue weighted by molar-refractivity contribution is -0.117. The number of nitrogens with zero attached hydrogens (tertiary/aromatic N) is 18. The van der Waals surface area contributed by atoms with Crippen molar-refractivity contribution in [2.75, 3.05) is 58.9 Å². The minimum absolute atomic E-state index is 0.0114. The fourth-order valence-corrected chi connectivity index (χ4v) is 14.9. The molecule has 0 radical (unpaired) electrons. The molecule has 49 heteroatoms. The number of nitrogen functional groups attached to an aromatic ring is 6. The number of carbonyl (C=O) groups excluding carboxylic acids is 1. The summed E-state index contributed by atoms with van der Waals surface area (Å²) >= 11 is 25.6. The summed E-state index contributed by atoms with van der Waals surface area (Å²) in [7, 11) is 16.9. The molecule has 21 rings (SSSR count). The van der Waals surface area contributed by atoms with Gasteiger partial charge in [0.1, 0.15) is 53.0 Å². The van der Waals surface area contributed by atoms with Gasteiger partial charge in [0.15, 0.2) is 49.6 Å². The van der Waals surface area contributed by atoms with Crippen molar-refractivity contribution >= 4 is 214 Å². The number of alkyl halides is 1. The van der Waals surface area contributed by atoms with E-state index in [2.05, 4.69) is 115 Å². The number of amides is 1. The van der Waals surface area contributed by atoms with Crippen LogP contribution in [0.2, 0.25) is 35.1 Å². The zero-order valence-corrected chi connectivity index (χ0v) is 80.3. The van der Waals surface area contributed by atoms with Crippen molar-refractivity contribution in [1.29, 1.82) is 0 Å². The predicted octanol–water partition coefficient (Wildman–Crippen LogP) is 11.6. The quantitative estimate of drug-likeness (QED) is 0.0146. The summed E-state index contributed by atoms with van der Waals surface area (Å²) in [5, 5.41) is 1.91. The summed E-state index contributed by atoms with van der Waals surface area (Å²) in [4.78, 5) is 143. The number of carbonyl (C=O) groups is 1. The number of nitrogens with two attached hydrogens (primary N) is 6. The van der Waals surface area contributed by atoms with Crippen molar-refractivity contribution < 1.29 is 19.0 Å². The molecule has 0 saturated heterocycles. The van der Waals surface area contributed by atoms with E-state index in [-0.39, 0.29) is 109 Å². The number of anilines is 7. The maximum Gasteiger partial charge on any atom is 0.643 e. The van der Waals surface area contributed by atoms with E-state index >= 15 is 0 Å². The van der Waals surface area contributed by atoms with E-state index in [1.807, 2.05) is 78.9 Å². The summed E-state index contributed by atoms with van der Waals surface area (Å²) in [6, 6.07) is 24.8. The van der Waals surface area contributed by atoms with Gasteiger partial charge >= 0.3 is 39.8 Å². The zero-order valence-electron chi connectivity index (χ0n) is 71.3. The Balaban J connectivity index is 0.000000130. The Kier molecular flexibility index (Phi) is 32.1. The molecule has 12 heterocycles. The van der Waals surface area contributed by atoms with Crippen LogP contribution in [-0.2, 0) is 63.6 Å². The molecule has 6 fully saturated rings. The minimum atomic E-state index is -1.72. The summed E-state index contributed by atoms with van der Waals surface area (Å²) in [5.74, 6) is 6.61. The molecule has 3 aromatic carbocycles. The molecule has 11 aromatic heterocycles. The highest BCUT2D eigenvalue weighted by Crippen LogP contribution is 2.38. The summed E-state index contributed by atoms with van der Waals surface area (Å²) < 4.78 is 25.8. The number of aromatic amines is 5. The molecule has 688 valence electrons.